The Labute approximate surface area is 101 Å². The molecule has 96 valence electrons. The topological polar surface area (TPSA) is 32.3 Å². The predicted octanol–water partition coefficient (Wildman–Crippen LogP) is 2.73. The van der Waals surface area contributed by atoms with Crippen molar-refractivity contribution in [2.45, 2.75) is 32.9 Å². The number of rotatable bonds is 6. The molecular formula is C13H19F2NO. The molecule has 0 radical (unpaired) electrons. The first-order valence-electron chi connectivity index (χ1n) is 5.75. The van der Waals surface area contributed by atoms with Crippen molar-refractivity contribution in [1.29, 1.82) is 0 Å². The zero-order chi connectivity index (χ0) is 12.8. The van der Waals surface area contributed by atoms with E-state index in [9.17, 15) is 8.78 Å². The van der Waals surface area contributed by atoms with Gasteiger partial charge in [0.25, 0.3) is 6.43 Å². The molecule has 0 heterocycles. The first-order chi connectivity index (χ1) is 8.04. The summed E-state index contributed by atoms with van der Waals surface area (Å²) < 4.78 is 24.6. The van der Waals surface area contributed by atoms with Gasteiger partial charge in [0.1, 0.15) is 0 Å². The molecule has 2 unspecified atom stereocenters. The molecule has 1 rings (SSSR count). The molecule has 0 amide bonds. The average molecular weight is 243 g/mol. The monoisotopic (exact) mass is 243 g/mol. The molecular weight excluding hydrogens is 224 g/mol. The highest BCUT2D eigenvalue weighted by Crippen LogP contribution is 2.18. The van der Waals surface area contributed by atoms with Gasteiger partial charge in [-0.15, -0.1) is 0 Å². The van der Waals surface area contributed by atoms with Gasteiger partial charge in [0.05, 0.1) is 0 Å². The van der Waals surface area contributed by atoms with Crippen LogP contribution in [0.4, 0.5) is 8.78 Å². The lowest BCUT2D eigenvalue weighted by atomic mass is 10.0. The largest absolute Gasteiger partial charge is 0.396 e. The van der Waals surface area contributed by atoms with Crippen LogP contribution in [-0.4, -0.2) is 17.8 Å². The number of alkyl halides is 2. The number of benzene rings is 1. The maximum Gasteiger partial charge on any atom is 0.263 e. The summed E-state index contributed by atoms with van der Waals surface area (Å²) in [7, 11) is 0. The van der Waals surface area contributed by atoms with Gasteiger partial charge in [-0.25, -0.2) is 8.78 Å². The molecule has 17 heavy (non-hydrogen) atoms. The van der Waals surface area contributed by atoms with E-state index in [0.717, 1.165) is 5.56 Å². The third-order valence-corrected chi connectivity index (χ3v) is 3.00. The maximum atomic E-state index is 12.3. The van der Waals surface area contributed by atoms with Crippen molar-refractivity contribution < 1.29 is 13.9 Å². The molecule has 0 aromatic heterocycles. The van der Waals surface area contributed by atoms with E-state index in [1.54, 1.807) is 12.1 Å². The fourth-order valence-corrected chi connectivity index (χ4v) is 1.42. The van der Waals surface area contributed by atoms with Crippen molar-refractivity contribution in [1.82, 2.24) is 5.32 Å². The van der Waals surface area contributed by atoms with Crippen LogP contribution in [0.15, 0.2) is 24.3 Å². The molecule has 2 N–H and O–H groups in total. The second kappa shape index (κ2) is 6.67. The summed E-state index contributed by atoms with van der Waals surface area (Å²) >= 11 is 0. The molecule has 0 bridgehead atoms. The van der Waals surface area contributed by atoms with Crippen LogP contribution in [0.2, 0.25) is 0 Å². The Morgan fingerprint density at radius 1 is 1.18 bits per heavy atom. The molecule has 0 aliphatic rings. The standard InChI is InChI=1S/C13H19F2NO/c1-9(8-17)10(2)16-7-11-3-5-12(6-4-11)13(14)15/h3-6,9-10,13,16-17H,7-8H2,1-2H3. The minimum atomic E-state index is -2.41. The molecule has 0 fully saturated rings. The predicted molar refractivity (Wildman–Crippen MR) is 64.0 cm³/mol. The Kier molecular flexibility index (Phi) is 5.51. The van der Waals surface area contributed by atoms with Crippen molar-refractivity contribution in [2.24, 2.45) is 5.92 Å². The van der Waals surface area contributed by atoms with Crippen LogP contribution in [0.25, 0.3) is 0 Å². The summed E-state index contributed by atoms with van der Waals surface area (Å²) in [6, 6.07) is 6.48. The number of nitrogens with one attached hydrogen (secondary N) is 1. The van der Waals surface area contributed by atoms with Gasteiger partial charge in [-0.1, -0.05) is 31.2 Å². The average Bonchev–Trinajstić information content (AvgIpc) is 2.35. The minimum absolute atomic E-state index is 0.0468. The summed E-state index contributed by atoms with van der Waals surface area (Å²) in [5.74, 6) is 0.176. The number of aliphatic hydroxyl groups is 1. The number of hydrogen-bond acceptors (Lipinski definition) is 2. The Morgan fingerprint density at radius 3 is 2.24 bits per heavy atom. The zero-order valence-corrected chi connectivity index (χ0v) is 10.2. The van der Waals surface area contributed by atoms with E-state index < -0.39 is 6.43 Å². The molecule has 0 saturated heterocycles. The first kappa shape index (κ1) is 14.1. The van der Waals surface area contributed by atoms with Crippen LogP contribution in [0.1, 0.15) is 31.4 Å². The van der Waals surface area contributed by atoms with E-state index in [4.69, 9.17) is 5.11 Å². The maximum absolute atomic E-state index is 12.3. The molecule has 1 aromatic carbocycles. The fourth-order valence-electron chi connectivity index (χ4n) is 1.42. The van der Waals surface area contributed by atoms with Gasteiger partial charge in [-0.2, -0.15) is 0 Å². The molecule has 0 spiro atoms. The Hall–Kier alpha value is -1.00. The lowest BCUT2D eigenvalue weighted by molar-refractivity contribution is 0.151. The lowest BCUT2D eigenvalue weighted by Crippen LogP contribution is -2.33. The van der Waals surface area contributed by atoms with Crippen molar-refractivity contribution in [3.8, 4) is 0 Å². The van der Waals surface area contributed by atoms with E-state index in [2.05, 4.69) is 5.32 Å². The molecule has 2 atom stereocenters. The highest BCUT2D eigenvalue weighted by molar-refractivity contribution is 5.23. The lowest BCUT2D eigenvalue weighted by Gasteiger charge is -2.19. The fraction of sp³-hybridized carbons (Fsp3) is 0.538. The van der Waals surface area contributed by atoms with E-state index in [-0.39, 0.29) is 24.1 Å². The highest BCUT2D eigenvalue weighted by Gasteiger charge is 2.10. The van der Waals surface area contributed by atoms with Crippen molar-refractivity contribution in [3.63, 3.8) is 0 Å². The minimum Gasteiger partial charge on any atom is -0.396 e. The quantitative estimate of drug-likeness (QED) is 0.805. The number of aliphatic hydroxyl groups excluding tert-OH is 1. The summed E-state index contributed by atoms with van der Waals surface area (Å²) in [4.78, 5) is 0. The van der Waals surface area contributed by atoms with E-state index in [1.165, 1.54) is 12.1 Å². The van der Waals surface area contributed by atoms with E-state index >= 15 is 0 Å². The van der Waals surface area contributed by atoms with Gasteiger partial charge in [0.2, 0.25) is 0 Å². The second-order valence-electron chi connectivity index (χ2n) is 4.37. The molecule has 0 aliphatic carbocycles. The molecule has 1 aromatic rings. The van der Waals surface area contributed by atoms with Crippen LogP contribution in [-0.2, 0) is 6.54 Å². The summed E-state index contributed by atoms with van der Waals surface area (Å²) in [6.45, 7) is 4.71. The summed E-state index contributed by atoms with van der Waals surface area (Å²) in [5.41, 5.74) is 1.01. The van der Waals surface area contributed by atoms with Gasteiger partial charge in [-0.05, 0) is 18.4 Å². The molecule has 0 saturated carbocycles. The normalized spacial score (nSPS) is 14.9. The number of halogens is 2. The van der Waals surface area contributed by atoms with Gasteiger partial charge in [-0.3, -0.25) is 0 Å². The van der Waals surface area contributed by atoms with Crippen LogP contribution >= 0.6 is 0 Å². The molecule has 2 nitrogen and oxygen atoms in total. The van der Waals surface area contributed by atoms with Crippen LogP contribution in [0.5, 0.6) is 0 Å². The summed E-state index contributed by atoms with van der Waals surface area (Å²) in [6.07, 6.45) is -2.41. The smallest absolute Gasteiger partial charge is 0.263 e. The Morgan fingerprint density at radius 2 is 1.76 bits per heavy atom. The first-order valence-corrected chi connectivity index (χ1v) is 5.75. The van der Waals surface area contributed by atoms with Gasteiger partial charge in [0, 0.05) is 24.8 Å². The van der Waals surface area contributed by atoms with Crippen LogP contribution in [0.3, 0.4) is 0 Å². The van der Waals surface area contributed by atoms with Crippen molar-refractivity contribution in [2.75, 3.05) is 6.61 Å². The molecule has 4 heteroatoms. The second-order valence-corrected chi connectivity index (χ2v) is 4.37. The Bertz CT molecular complexity index is 327. The highest BCUT2D eigenvalue weighted by atomic mass is 19.3. The van der Waals surface area contributed by atoms with Gasteiger partial charge >= 0.3 is 0 Å². The van der Waals surface area contributed by atoms with E-state index in [1.807, 2.05) is 13.8 Å². The van der Waals surface area contributed by atoms with Crippen LogP contribution < -0.4 is 5.32 Å². The third kappa shape index (κ3) is 4.40. The molecule has 0 aliphatic heterocycles. The van der Waals surface area contributed by atoms with Gasteiger partial charge < -0.3 is 10.4 Å². The van der Waals surface area contributed by atoms with Crippen LogP contribution in [0, 0.1) is 5.92 Å². The zero-order valence-electron chi connectivity index (χ0n) is 10.2. The number of hydrogen-bond donors (Lipinski definition) is 2. The third-order valence-electron chi connectivity index (χ3n) is 3.00. The van der Waals surface area contributed by atoms with Gasteiger partial charge in [0.15, 0.2) is 0 Å². The Balaban J connectivity index is 2.47. The summed E-state index contributed by atoms with van der Waals surface area (Å²) in [5, 5.41) is 12.2. The van der Waals surface area contributed by atoms with E-state index in [0.29, 0.717) is 6.54 Å². The van der Waals surface area contributed by atoms with Crippen molar-refractivity contribution >= 4 is 0 Å². The van der Waals surface area contributed by atoms with Crippen molar-refractivity contribution in [3.05, 3.63) is 35.4 Å². The SMILES string of the molecule is CC(CO)C(C)NCc1ccc(C(F)F)cc1.